The number of nitrogens with zero attached hydrogens (tertiary/aromatic N) is 2. The lowest BCUT2D eigenvalue weighted by atomic mass is 9.57. The van der Waals surface area contributed by atoms with Gasteiger partial charge in [-0.3, -0.25) is 19.4 Å². The van der Waals surface area contributed by atoms with Gasteiger partial charge >= 0.3 is 6.18 Å². The van der Waals surface area contributed by atoms with E-state index in [1.807, 2.05) is 29.2 Å². The van der Waals surface area contributed by atoms with Gasteiger partial charge in [0, 0.05) is 12.1 Å². The number of nitrogens with two attached hydrogens (primary N) is 1. The molecule has 3 aliphatic carbocycles. The lowest BCUT2D eigenvalue weighted by Gasteiger charge is -2.51. The van der Waals surface area contributed by atoms with E-state index in [4.69, 9.17) is 5.73 Å². The number of likely N-dealkylation sites (N-methyl/N-ethyl adjacent to an activating group) is 1. The minimum atomic E-state index is -4.19. The fourth-order valence-electron chi connectivity index (χ4n) is 8.34. The Morgan fingerprint density at radius 3 is 2.38 bits per heavy atom. The molecule has 1 saturated heterocycles. The van der Waals surface area contributed by atoms with Gasteiger partial charge in [-0.1, -0.05) is 24.3 Å². The number of Topliss-reactive ketones (excluding diaryl/α,β-unsaturated/α-hetero) is 1. The third kappa shape index (κ3) is 5.48. The smallest absolute Gasteiger partial charge is 0.391 e. The molecule has 47 heavy (non-hydrogen) atoms. The highest BCUT2D eigenvalue weighted by atomic mass is 19.4. The van der Waals surface area contributed by atoms with Crippen LogP contribution in [0.1, 0.15) is 36.0 Å². The summed E-state index contributed by atoms with van der Waals surface area (Å²) < 4.78 is 39.5. The number of aliphatic hydroxyl groups excluding tert-OH is 2. The molecule has 7 N–H and O–H groups in total. The van der Waals surface area contributed by atoms with Gasteiger partial charge in [0.25, 0.3) is 5.91 Å². The number of aromatic hydroxyl groups is 1. The van der Waals surface area contributed by atoms with Crippen LogP contribution >= 0.6 is 0 Å². The standard InChI is InChI=1S/C34H38F3N3O7/c1-39(2)28-22-14-18-13-21-20(17-5-3-4-16(12-17)15-40-10-8-19(9-11-40)34(35,36)37)6-7-23(41)25(21)29(42)24(18)30(43)26(22)33(46,47)27(31(28)44)32(38)45/h3-7,12,18-19,22,26,28,41-42,44,46-47H,8-11,13-15H2,1-2H3,(H2,38,45). The predicted molar refractivity (Wildman–Crippen MR) is 164 cm³/mol. The summed E-state index contributed by atoms with van der Waals surface area (Å²) in [4.78, 5) is 29.9. The number of aliphatic hydroxyl groups is 4. The highest BCUT2D eigenvalue weighted by molar-refractivity contribution is 6.08. The Morgan fingerprint density at radius 2 is 1.77 bits per heavy atom. The van der Waals surface area contributed by atoms with Crippen LogP contribution in [0, 0.1) is 23.7 Å². The molecule has 0 radical (unpaired) electrons. The molecule has 4 aliphatic rings. The van der Waals surface area contributed by atoms with Crippen molar-refractivity contribution in [2.24, 2.45) is 29.4 Å². The lowest BCUT2D eigenvalue weighted by molar-refractivity contribution is -0.203. The maximum Gasteiger partial charge on any atom is 0.391 e. The number of hydrogen-bond donors (Lipinski definition) is 6. The Kier molecular flexibility index (Phi) is 8.18. The topological polar surface area (TPSA) is 168 Å². The Hall–Kier alpha value is -3.91. The van der Waals surface area contributed by atoms with E-state index in [0.717, 1.165) is 11.1 Å². The van der Waals surface area contributed by atoms with E-state index in [1.165, 1.54) is 6.07 Å². The van der Waals surface area contributed by atoms with Crippen LogP contribution in [0.5, 0.6) is 5.75 Å². The molecular weight excluding hydrogens is 619 g/mol. The summed E-state index contributed by atoms with van der Waals surface area (Å²) in [5, 5.41) is 55.8. The summed E-state index contributed by atoms with van der Waals surface area (Å²) in [5.41, 5.74) is 7.36. The molecule has 1 heterocycles. The van der Waals surface area contributed by atoms with Gasteiger partial charge in [-0.25, -0.2) is 0 Å². The van der Waals surface area contributed by atoms with E-state index in [2.05, 4.69) is 0 Å². The largest absolute Gasteiger partial charge is 0.510 e. The number of ketones is 1. The van der Waals surface area contributed by atoms with Crippen molar-refractivity contribution in [3.05, 3.63) is 70.0 Å². The number of likely N-dealkylation sites (tertiary alicyclic amines) is 1. The van der Waals surface area contributed by atoms with E-state index < -0.39 is 70.5 Å². The number of phenols is 1. The molecule has 0 spiro atoms. The summed E-state index contributed by atoms with van der Waals surface area (Å²) in [5.74, 6) is -11.1. The predicted octanol–water partition coefficient (Wildman–Crippen LogP) is 3.40. The first-order chi connectivity index (χ1) is 22.0. The summed E-state index contributed by atoms with van der Waals surface area (Å²) in [6, 6.07) is 9.65. The first-order valence-corrected chi connectivity index (χ1v) is 15.6. The molecule has 252 valence electrons. The minimum absolute atomic E-state index is 0.0372. The van der Waals surface area contributed by atoms with Crippen molar-refractivity contribution in [1.82, 2.24) is 9.80 Å². The molecule has 6 rings (SSSR count). The first kappa shape index (κ1) is 33.0. The monoisotopic (exact) mass is 657 g/mol. The third-order valence-corrected chi connectivity index (χ3v) is 10.4. The van der Waals surface area contributed by atoms with Crippen molar-refractivity contribution in [2.75, 3.05) is 27.2 Å². The molecule has 1 aliphatic heterocycles. The molecule has 4 atom stereocenters. The zero-order valence-electron chi connectivity index (χ0n) is 26.0. The number of carbonyl (C=O) groups is 2. The van der Waals surface area contributed by atoms with Crippen LogP contribution in [0.15, 0.2) is 53.3 Å². The van der Waals surface area contributed by atoms with Crippen LogP contribution in [0.2, 0.25) is 0 Å². The zero-order chi connectivity index (χ0) is 34.2. The van der Waals surface area contributed by atoms with Crippen molar-refractivity contribution < 1.29 is 48.3 Å². The molecule has 10 nitrogen and oxygen atoms in total. The van der Waals surface area contributed by atoms with E-state index in [1.54, 1.807) is 25.1 Å². The van der Waals surface area contributed by atoms with Gasteiger partial charge in [0.2, 0.25) is 5.79 Å². The van der Waals surface area contributed by atoms with Crippen LogP contribution in [0.4, 0.5) is 13.2 Å². The number of phenolic OH excluding ortho intramolecular Hbond substituents is 1. The fraction of sp³-hybridized carbons (Fsp3) is 0.471. The summed E-state index contributed by atoms with van der Waals surface area (Å²) in [7, 11) is 3.23. The molecule has 2 aromatic carbocycles. The molecule has 13 heteroatoms. The Balaban J connectivity index is 1.36. The van der Waals surface area contributed by atoms with Crippen molar-refractivity contribution in [3.8, 4) is 16.9 Å². The number of alkyl halides is 3. The number of primary amides is 1. The number of carbonyl (C=O) groups excluding carboxylic acids is 2. The quantitative estimate of drug-likeness (QED) is 0.264. The molecule has 2 fully saturated rings. The second kappa shape index (κ2) is 11.7. The third-order valence-electron chi connectivity index (χ3n) is 10.4. The highest BCUT2D eigenvalue weighted by Gasteiger charge is 2.62. The number of rotatable bonds is 5. The number of amides is 1. The van der Waals surface area contributed by atoms with Crippen LogP contribution in [-0.4, -0.2) is 92.2 Å². The Bertz CT molecular complexity index is 1690. The molecule has 0 aromatic heterocycles. The molecular formula is C34H38F3N3O7. The van der Waals surface area contributed by atoms with Crippen LogP contribution < -0.4 is 5.73 Å². The van der Waals surface area contributed by atoms with Crippen molar-refractivity contribution in [3.63, 3.8) is 0 Å². The van der Waals surface area contributed by atoms with Crippen molar-refractivity contribution in [1.29, 1.82) is 0 Å². The molecule has 1 saturated carbocycles. The highest BCUT2D eigenvalue weighted by Crippen LogP contribution is 2.54. The number of piperidine rings is 1. The van der Waals surface area contributed by atoms with Gasteiger partial charge in [0.1, 0.15) is 22.8 Å². The van der Waals surface area contributed by atoms with E-state index >= 15 is 0 Å². The van der Waals surface area contributed by atoms with Gasteiger partial charge in [0.15, 0.2) is 5.78 Å². The van der Waals surface area contributed by atoms with E-state index in [-0.39, 0.29) is 42.6 Å². The normalized spacial score (nSPS) is 26.7. The average Bonchev–Trinajstić information content (AvgIpc) is 2.96. The summed E-state index contributed by atoms with van der Waals surface area (Å²) in [6.45, 7) is 1.10. The molecule has 2 aromatic rings. The number of fused-ring (bicyclic) bond motifs is 3. The van der Waals surface area contributed by atoms with Crippen LogP contribution in [0.3, 0.4) is 0 Å². The Morgan fingerprint density at radius 1 is 1.09 bits per heavy atom. The number of halogens is 3. The Labute approximate surface area is 269 Å². The molecule has 0 bridgehead atoms. The van der Waals surface area contributed by atoms with Gasteiger partial charge in [-0.15, -0.1) is 0 Å². The second-order valence-electron chi connectivity index (χ2n) is 13.4. The van der Waals surface area contributed by atoms with Gasteiger partial charge < -0.3 is 31.3 Å². The van der Waals surface area contributed by atoms with Gasteiger partial charge in [0.05, 0.1) is 23.4 Å². The SMILES string of the molecule is CN(C)C1C(O)=C(C(N)=O)C(O)(O)C2C(=O)C3=C(O)c4c(O)ccc(-c5cccc(CN6CCC(C(F)(F)F)CC6)c5)c4CC3CC12. The van der Waals surface area contributed by atoms with Crippen molar-refractivity contribution in [2.45, 2.75) is 50.2 Å². The summed E-state index contributed by atoms with van der Waals surface area (Å²) in [6.07, 6.45) is -3.78. The first-order valence-electron chi connectivity index (χ1n) is 15.6. The average molecular weight is 658 g/mol. The van der Waals surface area contributed by atoms with Crippen molar-refractivity contribution >= 4 is 17.4 Å². The van der Waals surface area contributed by atoms with E-state index in [0.29, 0.717) is 30.8 Å². The van der Waals surface area contributed by atoms with Crippen LogP contribution in [-0.2, 0) is 22.6 Å². The minimum Gasteiger partial charge on any atom is -0.510 e. The van der Waals surface area contributed by atoms with Gasteiger partial charge in [-0.2, -0.15) is 13.2 Å². The number of benzene rings is 2. The van der Waals surface area contributed by atoms with Crippen LogP contribution in [0.25, 0.3) is 16.9 Å². The van der Waals surface area contributed by atoms with Gasteiger partial charge in [-0.05, 0) is 99.1 Å². The van der Waals surface area contributed by atoms with E-state index in [9.17, 15) is 48.3 Å². The number of allylic oxidation sites excluding steroid dienone is 1. The maximum absolute atomic E-state index is 14.1. The molecule has 1 amide bonds. The maximum atomic E-state index is 14.1. The lowest BCUT2D eigenvalue weighted by Crippen LogP contribution is -2.62. The number of hydrogen-bond acceptors (Lipinski definition) is 9. The zero-order valence-corrected chi connectivity index (χ0v) is 26.0. The summed E-state index contributed by atoms with van der Waals surface area (Å²) >= 11 is 0. The fourth-order valence-corrected chi connectivity index (χ4v) is 8.34. The molecule has 4 unspecified atom stereocenters. The second-order valence-corrected chi connectivity index (χ2v) is 13.4.